The number of halogens is 1. The summed E-state index contributed by atoms with van der Waals surface area (Å²) >= 11 is 6.11. The van der Waals surface area contributed by atoms with Gasteiger partial charge >= 0.3 is 0 Å². The highest BCUT2D eigenvalue weighted by molar-refractivity contribution is 6.31. The Labute approximate surface area is 137 Å². The van der Waals surface area contributed by atoms with Crippen LogP contribution in [0.3, 0.4) is 0 Å². The zero-order chi connectivity index (χ0) is 15.6. The molecule has 1 unspecified atom stereocenters. The van der Waals surface area contributed by atoms with Crippen LogP contribution in [-0.4, -0.2) is 23.5 Å². The smallest absolute Gasteiger partial charge is 0.0435 e. The van der Waals surface area contributed by atoms with E-state index in [0.29, 0.717) is 0 Å². The monoisotopic (exact) mass is 314 g/mol. The molecule has 2 N–H and O–H groups in total. The van der Waals surface area contributed by atoms with Gasteiger partial charge in [-0.2, -0.15) is 0 Å². The van der Waals surface area contributed by atoms with Crippen LogP contribution in [0.4, 0.5) is 0 Å². The molecule has 0 spiro atoms. The van der Waals surface area contributed by atoms with E-state index < -0.39 is 0 Å². The summed E-state index contributed by atoms with van der Waals surface area (Å²) in [4.78, 5) is 2.46. The number of hydrogen-bond acceptors (Lipinski definition) is 2. The van der Waals surface area contributed by atoms with E-state index in [9.17, 15) is 0 Å². The molecular formula is C19H23ClN2. The molecule has 2 aromatic carbocycles. The third kappa shape index (κ3) is 3.70. The lowest BCUT2D eigenvalue weighted by molar-refractivity contribution is 0.302. The van der Waals surface area contributed by atoms with E-state index in [1.807, 2.05) is 13.0 Å². The summed E-state index contributed by atoms with van der Waals surface area (Å²) < 4.78 is 0. The van der Waals surface area contributed by atoms with Crippen molar-refractivity contribution in [1.82, 2.24) is 4.90 Å². The summed E-state index contributed by atoms with van der Waals surface area (Å²) in [6, 6.07) is 16.9. The van der Waals surface area contributed by atoms with Crippen molar-refractivity contribution in [2.75, 3.05) is 13.1 Å². The van der Waals surface area contributed by atoms with Gasteiger partial charge in [-0.1, -0.05) is 54.1 Å². The molecule has 0 radical (unpaired) electrons. The molecule has 2 aromatic rings. The highest BCUT2D eigenvalue weighted by atomic mass is 35.5. The molecule has 1 fully saturated rings. The number of nitrogens with two attached hydrogens (primary N) is 1. The van der Waals surface area contributed by atoms with E-state index in [2.05, 4.69) is 47.4 Å². The lowest BCUT2D eigenvalue weighted by Crippen LogP contribution is -2.44. The lowest BCUT2D eigenvalue weighted by Gasteiger charge is -2.25. The summed E-state index contributed by atoms with van der Waals surface area (Å²) in [7, 11) is 0. The Morgan fingerprint density at radius 3 is 2.64 bits per heavy atom. The fourth-order valence-electron chi connectivity index (χ4n) is 3.33. The number of aryl methyl sites for hydroxylation is 1. The minimum absolute atomic E-state index is 0.130. The fourth-order valence-corrected chi connectivity index (χ4v) is 3.45. The predicted molar refractivity (Wildman–Crippen MR) is 93.1 cm³/mol. The quantitative estimate of drug-likeness (QED) is 0.930. The van der Waals surface area contributed by atoms with Crippen LogP contribution in [0, 0.1) is 6.92 Å². The SMILES string of the molecule is Cc1cc(CC2(N)CCN(Cc3ccccc3)C2)ccc1Cl. The van der Waals surface area contributed by atoms with Crippen molar-refractivity contribution in [2.45, 2.75) is 31.8 Å². The van der Waals surface area contributed by atoms with Gasteiger partial charge in [0.05, 0.1) is 0 Å². The van der Waals surface area contributed by atoms with Crippen molar-refractivity contribution in [3.05, 3.63) is 70.2 Å². The van der Waals surface area contributed by atoms with E-state index in [0.717, 1.165) is 43.1 Å². The van der Waals surface area contributed by atoms with Crippen LogP contribution >= 0.6 is 11.6 Å². The Balaban J connectivity index is 1.63. The van der Waals surface area contributed by atoms with E-state index in [1.165, 1.54) is 11.1 Å². The predicted octanol–water partition coefficient (Wildman–Crippen LogP) is 3.79. The van der Waals surface area contributed by atoms with E-state index in [4.69, 9.17) is 17.3 Å². The number of benzene rings is 2. The summed E-state index contributed by atoms with van der Waals surface area (Å²) in [6.07, 6.45) is 1.96. The van der Waals surface area contributed by atoms with Crippen molar-refractivity contribution in [3.8, 4) is 0 Å². The summed E-state index contributed by atoms with van der Waals surface area (Å²) in [6.45, 7) is 5.05. The maximum atomic E-state index is 6.65. The Bertz CT molecular complexity index is 641. The van der Waals surface area contributed by atoms with Gasteiger partial charge in [-0.05, 0) is 42.5 Å². The first kappa shape index (κ1) is 15.5. The second-order valence-corrected chi connectivity index (χ2v) is 6.98. The first-order chi connectivity index (χ1) is 10.5. The highest BCUT2D eigenvalue weighted by Crippen LogP contribution is 2.26. The normalized spacial score (nSPS) is 22.1. The zero-order valence-corrected chi connectivity index (χ0v) is 13.8. The third-order valence-electron chi connectivity index (χ3n) is 4.49. The Morgan fingerprint density at radius 1 is 1.14 bits per heavy atom. The van der Waals surface area contributed by atoms with Gasteiger partial charge in [-0.25, -0.2) is 0 Å². The maximum absolute atomic E-state index is 6.65. The molecule has 2 nitrogen and oxygen atoms in total. The Hall–Kier alpha value is -1.35. The van der Waals surface area contributed by atoms with Crippen LogP contribution in [0.15, 0.2) is 48.5 Å². The molecule has 0 saturated carbocycles. The minimum atomic E-state index is -0.130. The number of hydrogen-bond donors (Lipinski definition) is 1. The van der Waals surface area contributed by atoms with Crippen LogP contribution in [0.2, 0.25) is 5.02 Å². The maximum Gasteiger partial charge on any atom is 0.0435 e. The minimum Gasteiger partial charge on any atom is -0.324 e. The first-order valence-corrected chi connectivity index (χ1v) is 8.22. The molecule has 1 atom stereocenters. The molecule has 3 heteroatoms. The van der Waals surface area contributed by atoms with Crippen LogP contribution in [-0.2, 0) is 13.0 Å². The van der Waals surface area contributed by atoms with Crippen molar-refractivity contribution < 1.29 is 0 Å². The summed E-state index contributed by atoms with van der Waals surface area (Å²) in [5.41, 5.74) is 10.3. The molecule has 1 saturated heterocycles. The van der Waals surface area contributed by atoms with Gasteiger partial charge in [-0.3, -0.25) is 4.90 Å². The van der Waals surface area contributed by atoms with Gasteiger partial charge in [-0.15, -0.1) is 0 Å². The van der Waals surface area contributed by atoms with Gasteiger partial charge in [0.2, 0.25) is 0 Å². The summed E-state index contributed by atoms with van der Waals surface area (Å²) in [5.74, 6) is 0. The average molecular weight is 315 g/mol. The molecule has 0 amide bonds. The van der Waals surface area contributed by atoms with Crippen LogP contribution in [0.25, 0.3) is 0 Å². The van der Waals surface area contributed by atoms with Gasteiger partial charge in [0.25, 0.3) is 0 Å². The number of nitrogens with zero attached hydrogens (tertiary/aromatic N) is 1. The van der Waals surface area contributed by atoms with Crippen molar-refractivity contribution in [2.24, 2.45) is 5.73 Å². The van der Waals surface area contributed by atoms with Crippen LogP contribution < -0.4 is 5.73 Å². The van der Waals surface area contributed by atoms with Crippen molar-refractivity contribution >= 4 is 11.6 Å². The molecule has 0 aromatic heterocycles. The molecule has 116 valence electrons. The number of likely N-dealkylation sites (tertiary alicyclic amines) is 1. The molecule has 1 aliphatic heterocycles. The summed E-state index contributed by atoms with van der Waals surface area (Å²) in [5, 5.41) is 0.826. The Kier molecular flexibility index (Phi) is 4.53. The molecule has 0 aliphatic carbocycles. The van der Waals surface area contributed by atoms with E-state index in [1.54, 1.807) is 0 Å². The van der Waals surface area contributed by atoms with Gasteiger partial charge in [0.1, 0.15) is 0 Å². The number of rotatable bonds is 4. The van der Waals surface area contributed by atoms with Gasteiger partial charge < -0.3 is 5.73 Å². The first-order valence-electron chi connectivity index (χ1n) is 7.84. The second kappa shape index (κ2) is 6.41. The second-order valence-electron chi connectivity index (χ2n) is 6.57. The van der Waals surface area contributed by atoms with E-state index >= 15 is 0 Å². The van der Waals surface area contributed by atoms with Crippen LogP contribution in [0.5, 0.6) is 0 Å². The molecule has 0 bridgehead atoms. The molecule has 1 heterocycles. The molecule has 1 aliphatic rings. The fraction of sp³-hybridized carbons (Fsp3) is 0.368. The largest absolute Gasteiger partial charge is 0.324 e. The van der Waals surface area contributed by atoms with Gasteiger partial charge in [0.15, 0.2) is 0 Å². The molecular weight excluding hydrogens is 292 g/mol. The van der Waals surface area contributed by atoms with E-state index in [-0.39, 0.29) is 5.54 Å². The zero-order valence-electron chi connectivity index (χ0n) is 13.1. The van der Waals surface area contributed by atoms with Gasteiger partial charge in [0, 0.05) is 30.2 Å². The third-order valence-corrected chi connectivity index (χ3v) is 4.92. The molecule has 22 heavy (non-hydrogen) atoms. The average Bonchev–Trinajstić information content (AvgIpc) is 2.85. The van der Waals surface area contributed by atoms with Crippen molar-refractivity contribution in [1.29, 1.82) is 0 Å². The Morgan fingerprint density at radius 2 is 1.91 bits per heavy atom. The lowest BCUT2D eigenvalue weighted by atomic mass is 9.90. The highest BCUT2D eigenvalue weighted by Gasteiger charge is 2.34. The standard InChI is InChI=1S/C19H23ClN2/c1-15-11-17(7-8-18(15)20)12-19(21)9-10-22(14-19)13-16-5-3-2-4-6-16/h2-8,11H,9-10,12-14,21H2,1H3. The molecule has 3 rings (SSSR count). The topological polar surface area (TPSA) is 29.3 Å². The van der Waals surface area contributed by atoms with Crippen molar-refractivity contribution in [3.63, 3.8) is 0 Å². The van der Waals surface area contributed by atoms with Crippen LogP contribution in [0.1, 0.15) is 23.1 Å².